The predicted molar refractivity (Wildman–Crippen MR) is 313 cm³/mol. The predicted octanol–water partition coefficient (Wildman–Crippen LogP) is 6.97. The Morgan fingerprint density at radius 1 is 0.878 bits per heavy atom. The highest BCUT2D eigenvalue weighted by Gasteiger charge is 2.32. The van der Waals surface area contributed by atoms with Gasteiger partial charge in [0.2, 0.25) is 11.0 Å². The fourth-order valence-corrected chi connectivity index (χ4v) is 13.7. The van der Waals surface area contributed by atoms with E-state index in [1.54, 1.807) is 54.3 Å². The molecular formula is C53H52N12O11S6. The number of thiazole rings is 5. The summed E-state index contributed by atoms with van der Waals surface area (Å²) in [5.41, 5.74) is 2.56. The van der Waals surface area contributed by atoms with Crippen molar-refractivity contribution < 1.29 is 53.6 Å². The van der Waals surface area contributed by atoms with Gasteiger partial charge in [-0.1, -0.05) is 30.0 Å². The number of hydrogen-bond acceptors (Lipinski definition) is 24. The number of aliphatic hydroxyl groups excluding tert-OH is 2. The monoisotopic (exact) mass is 1220 g/mol. The molecule has 426 valence electrons. The van der Waals surface area contributed by atoms with Crippen molar-refractivity contribution in [3.8, 4) is 38.4 Å². The first-order valence-corrected chi connectivity index (χ1v) is 30.4. The zero-order valence-corrected chi connectivity index (χ0v) is 49.5. The van der Waals surface area contributed by atoms with Crippen molar-refractivity contribution in [1.29, 1.82) is 0 Å². The van der Waals surface area contributed by atoms with Crippen LogP contribution < -0.4 is 26.6 Å². The molecule has 5 atom stereocenters. The van der Waals surface area contributed by atoms with Crippen molar-refractivity contribution in [3.05, 3.63) is 112 Å². The molecule has 82 heavy (non-hydrogen) atoms. The van der Waals surface area contributed by atoms with Gasteiger partial charge in [-0.15, -0.1) is 56.7 Å². The van der Waals surface area contributed by atoms with Gasteiger partial charge in [0.05, 0.1) is 29.6 Å². The topological polar surface area (TPSA) is 343 Å². The molecule has 0 saturated carbocycles. The third kappa shape index (κ3) is 13.1. The minimum absolute atomic E-state index is 0.0351. The van der Waals surface area contributed by atoms with Crippen LogP contribution in [0.25, 0.3) is 49.3 Å². The number of fused-ring (bicyclic) bond motifs is 3. The van der Waals surface area contributed by atoms with E-state index in [2.05, 4.69) is 51.5 Å². The van der Waals surface area contributed by atoms with Crippen molar-refractivity contribution in [2.45, 2.75) is 90.4 Å². The summed E-state index contributed by atoms with van der Waals surface area (Å²) in [6.07, 6.45) is -1.11. The maximum absolute atomic E-state index is 14.5. The molecule has 1 aromatic carbocycles. The van der Waals surface area contributed by atoms with Crippen molar-refractivity contribution in [2.24, 2.45) is 0 Å². The summed E-state index contributed by atoms with van der Waals surface area (Å²) < 4.78 is 5.64. The average molecular weight is 1230 g/mol. The number of aliphatic hydroxyl groups is 2. The van der Waals surface area contributed by atoms with Gasteiger partial charge in [-0.2, -0.15) is 0 Å². The van der Waals surface area contributed by atoms with E-state index in [1.807, 2.05) is 20.8 Å². The van der Waals surface area contributed by atoms with Crippen LogP contribution >= 0.6 is 68.4 Å². The minimum atomic E-state index is -1.82. The highest BCUT2D eigenvalue weighted by molar-refractivity contribution is 8.14. The SMILES string of the molecule is C/C=C(\NC(=O)C(NC)C(C)O)c1nc(C(=O)NC2CC(O)C(=O)OCc3cccc4[nH]c(c(C)c34)C(=O)SCC(c3nc(-c4nc(-c5nc(C(=O)NC(C)(C)C)cs5)c(O)cc4-c4nc(C=O)cs4)cs3)NC(=O)c3csc2n3)cs1. The summed E-state index contributed by atoms with van der Waals surface area (Å²) in [7, 11) is 1.53. The van der Waals surface area contributed by atoms with E-state index in [9.17, 15) is 48.9 Å². The number of amides is 4. The molecule has 9 N–H and O–H groups in total. The number of aromatic nitrogens is 7. The number of ether oxygens (including phenoxy) is 1. The molecule has 0 aliphatic carbocycles. The lowest BCUT2D eigenvalue weighted by molar-refractivity contribution is -0.155. The number of hydrogen-bond donors (Lipinski definition) is 9. The van der Waals surface area contributed by atoms with Crippen LogP contribution in [0.4, 0.5) is 0 Å². The summed E-state index contributed by atoms with van der Waals surface area (Å²) in [4.78, 5) is 125. The van der Waals surface area contributed by atoms with Crippen LogP contribution in [0.3, 0.4) is 0 Å². The van der Waals surface area contributed by atoms with Gasteiger partial charge in [0, 0.05) is 61.1 Å². The quantitative estimate of drug-likeness (QED) is 0.0415. The number of carbonyl (C=O) groups excluding carboxylic acids is 7. The van der Waals surface area contributed by atoms with Gasteiger partial charge in [0.15, 0.2) is 12.4 Å². The van der Waals surface area contributed by atoms with Gasteiger partial charge in [-0.05, 0) is 71.8 Å². The van der Waals surface area contributed by atoms with Crippen LogP contribution in [0.15, 0.2) is 57.2 Å². The molecular weight excluding hydrogens is 1170 g/mol. The molecule has 7 aromatic heterocycles. The maximum atomic E-state index is 14.5. The van der Waals surface area contributed by atoms with Crippen molar-refractivity contribution >= 4 is 126 Å². The number of allylic oxidation sites excluding steroid dienone is 1. The second kappa shape index (κ2) is 24.9. The number of likely N-dealkylation sites (N-methyl/N-ethyl adjacent to an activating group) is 1. The van der Waals surface area contributed by atoms with E-state index >= 15 is 0 Å². The molecule has 1 aliphatic rings. The standard InChI is InChI=1S/C53H52N12O11S6/c1-8-27(57-45(73)39(54-7)23(3)67)47-61-31(18-79-47)42(70)58-29-13-36(69)51(74)76-15-24-10-9-11-28-37(24)22(2)38(56-28)52(75)82-21-34(59-43(71)32-19-80-48(29)62-32)49-60-30(17-78-49)40-26(46-55-25(14-66)16-77-46)12-35(68)41(64-40)50-63-33(20-81-50)44(72)65-53(4,5)6/h8-12,14,16-20,23,29,34,36,39,54,56,67-69H,13,15,21H2,1-7H3,(H,57,73)(H,58,70)(H,59,71)(H,65,72)/b27-8-. The summed E-state index contributed by atoms with van der Waals surface area (Å²) in [6, 6.07) is 3.52. The molecule has 9 rings (SSSR count). The van der Waals surface area contributed by atoms with Crippen LogP contribution in [0, 0.1) is 6.92 Å². The first-order chi connectivity index (χ1) is 39.1. The van der Waals surface area contributed by atoms with Crippen LogP contribution in [0.2, 0.25) is 0 Å². The van der Waals surface area contributed by atoms with E-state index in [4.69, 9.17) is 14.7 Å². The number of aryl methyl sites for hydroxylation is 1. The highest BCUT2D eigenvalue weighted by Crippen LogP contribution is 2.41. The Morgan fingerprint density at radius 3 is 2.32 bits per heavy atom. The Balaban J connectivity index is 1.06. The lowest BCUT2D eigenvalue weighted by atomic mass is 10.1. The van der Waals surface area contributed by atoms with E-state index in [0.717, 1.165) is 68.4 Å². The number of rotatable bonds is 13. The number of aromatic hydroxyl groups is 1. The Labute approximate surface area is 491 Å². The smallest absolute Gasteiger partial charge is 0.335 e. The Kier molecular flexibility index (Phi) is 18.0. The number of pyridine rings is 1. The second-order valence-electron chi connectivity index (χ2n) is 19.5. The number of nitrogens with zero attached hydrogens (tertiary/aromatic N) is 6. The number of aldehydes is 1. The van der Waals surface area contributed by atoms with Crippen molar-refractivity contribution in [3.63, 3.8) is 0 Å². The molecule has 1 aliphatic heterocycles. The van der Waals surface area contributed by atoms with E-state index in [-0.39, 0.29) is 89.5 Å². The molecule has 0 fully saturated rings. The lowest BCUT2D eigenvalue weighted by Crippen LogP contribution is -2.48. The number of thioether (sulfide) groups is 1. The Bertz CT molecular complexity index is 3810. The van der Waals surface area contributed by atoms with Gasteiger partial charge in [0.25, 0.3) is 17.7 Å². The van der Waals surface area contributed by atoms with E-state index in [0.29, 0.717) is 43.9 Å². The molecule has 8 heterocycles. The minimum Gasteiger partial charge on any atom is -0.506 e. The van der Waals surface area contributed by atoms with Crippen LogP contribution in [0.1, 0.15) is 132 Å². The molecule has 0 saturated heterocycles. The average Bonchev–Trinajstić information content (AvgIpc) is 3.87. The lowest BCUT2D eigenvalue weighted by Gasteiger charge is -2.19. The maximum Gasteiger partial charge on any atom is 0.335 e. The molecule has 8 aromatic rings. The molecule has 0 spiro atoms. The molecule has 4 bridgehead atoms. The van der Waals surface area contributed by atoms with Crippen LogP contribution in [0.5, 0.6) is 5.75 Å². The van der Waals surface area contributed by atoms with Crippen LogP contribution in [-0.2, 0) is 20.9 Å². The molecule has 29 heteroatoms. The van der Waals surface area contributed by atoms with Gasteiger partial charge >= 0.3 is 5.97 Å². The van der Waals surface area contributed by atoms with Crippen molar-refractivity contribution in [2.75, 3.05) is 12.8 Å². The van der Waals surface area contributed by atoms with Gasteiger partial charge < -0.3 is 51.6 Å². The summed E-state index contributed by atoms with van der Waals surface area (Å²) in [5, 5.41) is 56.3. The van der Waals surface area contributed by atoms with E-state index < -0.39 is 71.9 Å². The number of nitrogens with one attached hydrogen (secondary N) is 6. The number of cyclic esters (lactones) is 1. The number of benzene rings is 1. The summed E-state index contributed by atoms with van der Waals surface area (Å²) in [6.45, 7) is 10.1. The fourth-order valence-electron chi connectivity index (χ4n) is 8.52. The zero-order chi connectivity index (χ0) is 58.7. The number of aromatic amines is 1. The summed E-state index contributed by atoms with van der Waals surface area (Å²) >= 11 is 6.29. The fraction of sp³-hybridized carbons (Fsp3) is 0.302. The first-order valence-electron chi connectivity index (χ1n) is 25.0. The van der Waals surface area contributed by atoms with E-state index in [1.165, 1.54) is 30.8 Å². The van der Waals surface area contributed by atoms with Gasteiger partial charge in [-0.25, -0.2) is 34.7 Å². The molecule has 5 unspecified atom stereocenters. The second-order valence-corrected chi connectivity index (χ2v) is 24.9. The largest absolute Gasteiger partial charge is 0.506 e. The normalized spacial score (nSPS) is 17.3. The Hall–Kier alpha value is -7.48. The number of esters is 1. The van der Waals surface area contributed by atoms with Gasteiger partial charge in [-0.3, -0.25) is 28.8 Å². The zero-order valence-electron chi connectivity index (χ0n) is 44.6. The van der Waals surface area contributed by atoms with Gasteiger partial charge in [0.1, 0.15) is 83.3 Å². The molecule has 0 radical (unpaired) electrons. The first kappa shape index (κ1) is 59.2. The third-order valence-electron chi connectivity index (χ3n) is 12.5. The molecule has 4 amide bonds. The number of carbonyl (C=O) groups is 7. The summed E-state index contributed by atoms with van der Waals surface area (Å²) in [5.74, 6) is -3.77. The Morgan fingerprint density at radius 2 is 1.60 bits per heavy atom. The highest BCUT2D eigenvalue weighted by atomic mass is 32.2. The number of H-pyrrole nitrogens is 1. The van der Waals surface area contributed by atoms with Crippen molar-refractivity contribution in [1.82, 2.24) is 61.5 Å². The van der Waals surface area contributed by atoms with Crippen LogP contribution in [-0.4, -0.2) is 128 Å². The molecule has 23 nitrogen and oxygen atoms in total. The third-order valence-corrected chi connectivity index (χ3v) is 18.0.